The Hall–Kier alpha value is -3.94. The van der Waals surface area contributed by atoms with E-state index in [2.05, 4.69) is 11.3 Å². The first-order valence-electron chi connectivity index (χ1n) is 11.1. The molecule has 0 fully saturated rings. The van der Waals surface area contributed by atoms with E-state index in [1.54, 1.807) is 12.1 Å². The van der Waals surface area contributed by atoms with E-state index in [4.69, 9.17) is 4.74 Å². The van der Waals surface area contributed by atoms with Crippen LogP contribution in [0.15, 0.2) is 55.1 Å². The lowest BCUT2D eigenvalue weighted by Gasteiger charge is -2.19. The van der Waals surface area contributed by atoms with Crippen LogP contribution in [0.3, 0.4) is 0 Å². The molecule has 3 rings (SSSR count). The van der Waals surface area contributed by atoms with Gasteiger partial charge in [-0.15, -0.1) is 0 Å². The van der Waals surface area contributed by atoms with Crippen LogP contribution in [0.1, 0.15) is 66.5 Å². The molecule has 0 heterocycles. The Morgan fingerprint density at radius 1 is 0.750 bits per heavy atom. The number of ether oxygens (including phenoxy) is 2. The zero-order chi connectivity index (χ0) is 27.2. The highest BCUT2D eigenvalue weighted by Crippen LogP contribution is 2.32. The fraction of sp³-hybridized carbons (Fsp3) is 0.214. The molecule has 0 aliphatic heterocycles. The van der Waals surface area contributed by atoms with Crippen molar-refractivity contribution >= 4 is 18.0 Å². The molecule has 3 aromatic carbocycles. The summed E-state index contributed by atoms with van der Waals surface area (Å²) < 4.78 is 67.5. The van der Waals surface area contributed by atoms with Crippen LogP contribution >= 0.6 is 0 Å². The Labute approximate surface area is 207 Å². The van der Waals surface area contributed by atoms with Gasteiger partial charge in [0.2, 0.25) is 17.4 Å². The van der Waals surface area contributed by atoms with Gasteiger partial charge < -0.3 is 9.47 Å². The standard InChI is InChI=1S/C26H20F4O4.C2H6/c1-5-14-6-8-15(9-7-14)24(31)34-23-21(29)19(27)18(20(28)22(23)30)25(32)33-17-12-10-16(11-13-17)26(2,3)4;1-2/h5-13H,1H2,2-4H3;1-2H3. The first kappa shape index (κ1) is 28.3. The SMILES string of the molecule is C=Cc1ccc(C(=O)Oc2c(F)c(F)c(C(=O)Oc3ccc(C(C)(C)C)cc3)c(F)c2F)cc1.CC. The lowest BCUT2D eigenvalue weighted by atomic mass is 9.87. The highest BCUT2D eigenvalue weighted by Gasteiger charge is 2.33. The molecule has 0 amide bonds. The molecule has 0 unspecified atom stereocenters. The monoisotopic (exact) mass is 502 g/mol. The maximum atomic E-state index is 14.5. The van der Waals surface area contributed by atoms with Gasteiger partial charge in [0.1, 0.15) is 11.3 Å². The van der Waals surface area contributed by atoms with E-state index >= 15 is 0 Å². The zero-order valence-corrected chi connectivity index (χ0v) is 20.5. The van der Waals surface area contributed by atoms with Gasteiger partial charge in [-0.3, -0.25) is 0 Å². The van der Waals surface area contributed by atoms with Gasteiger partial charge in [-0.1, -0.05) is 71.5 Å². The number of carbonyl (C=O) groups is 2. The number of hydrogen-bond acceptors (Lipinski definition) is 4. The topological polar surface area (TPSA) is 52.6 Å². The molecule has 4 nitrogen and oxygen atoms in total. The van der Waals surface area contributed by atoms with Crippen molar-refractivity contribution in [3.8, 4) is 11.5 Å². The molecule has 0 spiro atoms. The summed E-state index contributed by atoms with van der Waals surface area (Å²) in [6.45, 7) is 13.4. The van der Waals surface area contributed by atoms with Crippen molar-refractivity contribution in [3.63, 3.8) is 0 Å². The molecular weight excluding hydrogens is 476 g/mol. The molecule has 0 radical (unpaired) electrons. The Morgan fingerprint density at radius 3 is 1.69 bits per heavy atom. The molecule has 0 saturated heterocycles. The second-order valence-electron chi connectivity index (χ2n) is 8.34. The molecule has 3 aromatic rings. The summed E-state index contributed by atoms with van der Waals surface area (Å²) in [5.74, 6) is -12.8. The third-order valence-corrected chi connectivity index (χ3v) is 4.93. The number of benzene rings is 3. The van der Waals surface area contributed by atoms with Crippen LogP contribution < -0.4 is 9.47 Å². The lowest BCUT2D eigenvalue weighted by molar-refractivity contribution is 0.0713. The van der Waals surface area contributed by atoms with Gasteiger partial charge in [0, 0.05) is 0 Å². The van der Waals surface area contributed by atoms with Crippen LogP contribution in [0, 0.1) is 23.3 Å². The van der Waals surface area contributed by atoms with Crippen LogP contribution in [-0.2, 0) is 5.41 Å². The molecule has 8 heteroatoms. The molecule has 0 bridgehead atoms. The highest BCUT2D eigenvalue weighted by atomic mass is 19.2. The molecule has 0 aliphatic carbocycles. The minimum atomic E-state index is -2.06. The smallest absolute Gasteiger partial charge is 0.349 e. The Balaban J connectivity index is 0.00000222. The number of carbonyl (C=O) groups excluding carboxylic acids is 2. The second kappa shape index (κ2) is 11.7. The zero-order valence-electron chi connectivity index (χ0n) is 20.5. The summed E-state index contributed by atoms with van der Waals surface area (Å²) >= 11 is 0. The molecular formula is C28H26F4O4. The maximum Gasteiger partial charge on any atom is 0.349 e. The van der Waals surface area contributed by atoms with E-state index in [1.807, 2.05) is 34.6 Å². The van der Waals surface area contributed by atoms with Gasteiger partial charge in [0.05, 0.1) is 5.56 Å². The van der Waals surface area contributed by atoms with Crippen molar-refractivity contribution in [1.29, 1.82) is 0 Å². The number of esters is 2. The Morgan fingerprint density at radius 2 is 1.25 bits per heavy atom. The maximum absolute atomic E-state index is 14.5. The number of rotatable bonds is 5. The van der Waals surface area contributed by atoms with Crippen molar-refractivity contribution in [2.75, 3.05) is 0 Å². The summed E-state index contributed by atoms with van der Waals surface area (Å²) in [6, 6.07) is 11.6. The first-order chi connectivity index (χ1) is 16.9. The second-order valence-corrected chi connectivity index (χ2v) is 8.34. The summed E-state index contributed by atoms with van der Waals surface area (Å²) in [6.07, 6.45) is 1.50. The van der Waals surface area contributed by atoms with Crippen LogP contribution in [0.25, 0.3) is 6.08 Å². The van der Waals surface area contributed by atoms with E-state index in [-0.39, 0.29) is 16.7 Å². The average Bonchev–Trinajstić information content (AvgIpc) is 2.86. The average molecular weight is 503 g/mol. The molecule has 0 aromatic heterocycles. The van der Waals surface area contributed by atoms with E-state index in [1.165, 1.54) is 42.5 Å². The fourth-order valence-electron chi connectivity index (χ4n) is 2.97. The summed E-state index contributed by atoms with van der Waals surface area (Å²) in [4.78, 5) is 24.5. The van der Waals surface area contributed by atoms with E-state index in [0.29, 0.717) is 5.56 Å². The van der Waals surface area contributed by atoms with Crippen LogP contribution in [0.5, 0.6) is 11.5 Å². The third-order valence-electron chi connectivity index (χ3n) is 4.93. The summed E-state index contributed by atoms with van der Waals surface area (Å²) in [7, 11) is 0. The quantitative estimate of drug-likeness (QED) is 0.156. The van der Waals surface area contributed by atoms with Gasteiger partial charge in [-0.05, 0) is 40.8 Å². The Kier molecular flexibility index (Phi) is 9.17. The fourth-order valence-corrected chi connectivity index (χ4v) is 2.97. The molecule has 0 N–H and O–H groups in total. The minimum Gasteiger partial charge on any atom is -0.423 e. The van der Waals surface area contributed by atoms with Crippen molar-refractivity contribution in [3.05, 3.63) is 101 Å². The predicted molar refractivity (Wildman–Crippen MR) is 129 cm³/mol. The van der Waals surface area contributed by atoms with E-state index in [0.717, 1.165) is 5.56 Å². The van der Waals surface area contributed by atoms with Crippen molar-refractivity contribution in [2.24, 2.45) is 0 Å². The summed E-state index contributed by atoms with van der Waals surface area (Å²) in [5.41, 5.74) is -0.375. The van der Waals surface area contributed by atoms with Gasteiger partial charge in [-0.25, -0.2) is 18.4 Å². The van der Waals surface area contributed by atoms with Gasteiger partial charge >= 0.3 is 11.9 Å². The van der Waals surface area contributed by atoms with Gasteiger partial charge in [0.25, 0.3) is 0 Å². The minimum absolute atomic E-state index is 0.0870. The largest absolute Gasteiger partial charge is 0.423 e. The van der Waals surface area contributed by atoms with Crippen molar-refractivity contribution in [2.45, 2.75) is 40.0 Å². The Bertz CT molecular complexity index is 1230. The molecule has 0 atom stereocenters. The lowest BCUT2D eigenvalue weighted by Crippen LogP contribution is -2.19. The van der Waals surface area contributed by atoms with Gasteiger partial charge in [0.15, 0.2) is 11.6 Å². The third kappa shape index (κ3) is 6.19. The summed E-state index contributed by atoms with van der Waals surface area (Å²) in [5, 5.41) is 0. The van der Waals surface area contributed by atoms with Crippen LogP contribution in [0.2, 0.25) is 0 Å². The van der Waals surface area contributed by atoms with Gasteiger partial charge in [-0.2, -0.15) is 8.78 Å². The van der Waals surface area contributed by atoms with Crippen LogP contribution in [-0.4, -0.2) is 11.9 Å². The molecule has 36 heavy (non-hydrogen) atoms. The highest BCUT2D eigenvalue weighted by molar-refractivity contribution is 5.93. The van der Waals surface area contributed by atoms with Crippen molar-refractivity contribution < 1.29 is 36.6 Å². The van der Waals surface area contributed by atoms with Crippen molar-refractivity contribution in [1.82, 2.24) is 0 Å². The first-order valence-corrected chi connectivity index (χ1v) is 11.1. The predicted octanol–water partition coefficient (Wildman–Crippen LogP) is 7.65. The van der Waals surface area contributed by atoms with E-state index in [9.17, 15) is 27.2 Å². The number of hydrogen-bond donors (Lipinski definition) is 0. The normalized spacial score (nSPS) is 10.7. The van der Waals surface area contributed by atoms with Crippen LogP contribution in [0.4, 0.5) is 17.6 Å². The molecule has 0 saturated carbocycles. The van der Waals surface area contributed by atoms with E-state index < -0.39 is 46.5 Å². The molecule has 190 valence electrons. The molecule has 0 aliphatic rings. The number of halogens is 4.